The summed E-state index contributed by atoms with van der Waals surface area (Å²) in [5, 5.41) is 6.37. The molecule has 0 aromatic carbocycles. The number of thiophene rings is 1. The van der Waals surface area contributed by atoms with Gasteiger partial charge in [0, 0.05) is 12.6 Å². The fourth-order valence-electron chi connectivity index (χ4n) is 1.12. The van der Waals surface area contributed by atoms with Crippen LogP contribution in [0.1, 0.15) is 12.5 Å². The fourth-order valence-corrected chi connectivity index (χ4v) is 1.75. The van der Waals surface area contributed by atoms with Crippen LogP contribution in [-0.2, 0) is 14.3 Å². The second-order valence-corrected chi connectivity index (χ2v) is 4.28. The molecule has 0 aliphatic carbocycles. The molecule has 0 unspecified atom stereocenters. The van der Waals surface area contributed by atoms with E-state index in [1.54, 1.807) is 23.5 Å². The molecule has 0 saturated heterocycles. The standard InChI is InChI=1S/C13H15NO3S/c1-3-7-14-13(16)10(2)17-12(15)5-4-11-6-8-18-9-11/h3-6,8-10H,1,7H2,2H3,(H,14,16)/b5-4+/t10-/m0/s1. The SMILES string of the molecule is C=CCNC(=O)[C@H](C)OC(=O)/C=C/c1ccsc1. The van der Waals surface area contributed by atoms with E-state index in [-0.39, 0.29) is 5.91 Å². The average Bonchev–Trinajstić information content (AvgIpc) is 2.86. The zero-order chi connectivity index (χ0) is 13.4. The minimum atomic E-state index is -0.815. The molecule has 0 bridgehead atoms. The third-order valence-corrected chi connectivity index (χ3v) is 2.74. The van der Waals surface area contributed by atoms with Crippen molar-refractivity contribution in [3.63, 3.8) is 0 Å². The lowest BCUT2D eigenvalue weighted by Gasteiger charge is -2.10. The van der Waals surface area contributed by atoms with Crippen LogP contribution in [0.3, 0.4) is 0 Å². The number of hydrogen-bond acceptors (Lipinski definition) is 4. The van der Waals surface area contributed by atoms with Gasteiger partial charge in [-0.05, 0) is 35.4 Å². The number of carbonyl (C=O) groups excluding carboxylic acids is 2. The van der Waals surface area contributed by atoms with Crippen molar-refractivity contribution in [2.75, 3.05) is 6.54 Å². The van der Waals surface area contributed by atoms with E-state index in [2.05, 4.69) is 11.9 Å². The summed E-state index contributed by atoms with van der Waals surface area (Å²) >= 11 is 1.54. The van der Waals surface area contributed by atoms with Crippen LogP contribution in [0.4, 0.5) is 0 Å². The van der Waals surface area contributed by atoms with Crippen molar-refractivity contribution >= 4 is 29.3 Å². The zero-order valence-corrected chi connectivity index (χ0v) is 10.9. The van der Waals surface area contributed by atoms with Crippen LogP contribution in [-0.4, -0.2) is 24.5 Å². The Kier molecular flexibility index (Phi) is 5.87. The zero-order valence-electron chi connectivity index (χ0n) is 10.1. The van der Waals surface area contributed by atoms with Crippen molar-refractivity contribution in [2.45, 2.75) is 13.0 Å². The fraction of sp³-hybridized carbons (Fsp3) is 0.231. The molecule has 0 fully saturated rings. The van der Waals surface area contributed by atoms with Gasteiger partial charge < -0.3 is 10.1 Å². The highest BCUT2D eigenvalue weighted by Gasteiger charge is 2.15. The largest absolute Gasteiger partial charge is 0.449 e. The Morgan fingerprint density at radius 3 is 3.00 bits per heavy atom. The van der Waals surface area contributed by atoms with E-state index >= 15 is 0 Å². The first-order valence-corrected chi connectivity index (χ1v) is 6.37. The summed E-state index contributed by atoms with van der Waals surface area (Å²) in [4.78, 5) is 22.8. The molecule has 96 valence electrons. The van der Waals surface area contributed by atoms with Crippen LogP contribution >= 0.6 is 11.3 Å². The Morgan fingerprint density at radius 2 is 2.39 bits per heavy atom. The van der Waals surface area contributed by atoms with Gasteiger partial charge in [-0.1, -0.05) is 6.08 Å². The summed E-state index contributed by atoms with van der Waals surface area (Å²) < 4.78 is 4.94. The van der Waals surface area contributed by atoms with Gasteiger partial charge >= 0.3 is 5.97 Å². The van der Waals surface area contributed by atoms with Crippen LogP contribution in [0, 0.1) is 0 Å². The third kappa shape index (κ3) is 4.97. The van der Waals surface area contributed by atoms with Gasteiger partial charge in [0.2, 0.25) is 0 Å². The Labute approximate surface area is 110 Å². The predicted molar refractivity (Wildman–Crippen MR) is 72.1 cm³/mol. The summed E-state index contributed by atoms with van der Waals surface area (Å²) in [5.74, 6) is -0.880. The number of carbonyl (C=O) groups is 2. The Balaban J connectivity index is 2.39. The van der Waals surface area contributed by atoms with Crippen molar-refractivity contribution in [3.8, 4) is 0 Å². The summed E-state index contributed by atoms with van der Waals surface area (Å²) in [6.45, 7) is 5.35. The molecule has 1 heterocycles. The van der Waals surface area contributed by atoms with E-state index in [0.29, 0.717) is 6.54 Å². The van der Waals surface area contributed by atoms with Crippen molar-refractivity contribution in [1.82, 2.24) is 5.32 Å². The number of hydrogen-bond donors (Lipinski definition) is 1. The Bertz CT molecular complexity index is 437. The lowest BCUT2D eigenvalue weighted by Crippen LogP contribution is -2.35. The van der Waals surface area contributed by atoms with Crippen LogP contribution < -0.4 is 5.32 Å². The highest BCUT2D eigenvalue weighted by Crippen LogP contribution is 2.07. The van der Waals surface area contributed by atoms with Crippen molar-refractivity contribution in [2.24, 2.45) is 0 Å². The van der Waals surface area contributed by atoms with Gasteiger partial charge in [0.1, 0.15) is 0 Å². The van der Waals surface area contributed by atoms with E-state index in [1.165, 1.54) is 13.0 Å². The van der Waals surface area contributed by atoms with Crippen LogP contribution in [0.25, 0.3) is 6.08 Å². The molecule has 0 aliphatic heterocycles. The molecular weight excluding hydrogens is 250 g/mol. The van der Waals surface area contributed by atoms with E-state index in [4.69, 9.17) is 4.74 Å². The van der Waals surface area contributed by atoms with Crippen molar-refractivity contribution in [3.05, 3.63) is 41.1 Å². The maximum absolute atomic E-state index is 11.4. The Hall–Kier alpha value is -1.88. The smallest absolute Gasteiger partial charge is 0.331 e. The van der Waals surface area contributed by atoms with Gasteiger partial charge in [0.15, 0.2) is 6.10 Å². The van der Waals surface area contributed by atoms with Crippen LogP contribution in [0.5, 0.6) is 0 Å². The molecule has 1 aromatic rings. The van der Waals surface area contributed by atoms with Gasteiger partial charge in [0.25, 0.3) is 5.91 Å². The van der Waals surface area contributed by atoms with E-state index in [9.17, 15) is 9.59 Å². The number of amides is 1. The molecule has 0 radical (unpaired) electrons. The van der Waals surface area contributed by atoms with E-state index in [1.807, 2.05) is 16.8 Å². The summed E-state index contributed by atoms with van der Waals surface area (Å²) in [7, 11) is 0. The molecule has 1 atom stereocenters. The number of rotatable bonds is 6. The minimum Gasteiger partial charge on any atom is -0.449 e. The minimum absolute atomic E-state index is 0.341. The second-order valence-electron chi connectivity index (χ2n) is 3.50. The quantitative estimate of drug-likeness (QED) is 0.486. The monoisotopic (exact) mass is 265 g/mol. The summed E-state index contributed by atoms with van der Waals surface area (Å²) in [6.07, 6.45) is 3.69. The van der Waals surface area contributed by atoms with E-state index < -0.39 is 12.1 Å². The first-order valence-electron chi connectivity index (χ1n) is 5.43. The van der Waals surface area contributed by atoms with Crippen molar-refractivity contribution < 1.29 is 14.3 Å². The first kappa shape index (κ1) is 14.2. The molecule has 0 saturated carbocycles. The summed E-state index contributed by atoms with van der Waals surface area (Å²) in [6, 6.07) is 1.88. The first-order chi connectivity index (χ1) is 8.63. The maximum atomic E-state index is 11.4. The third-order valence-electron chi connectivity index (χ3n) is 2.04. The van der Waals surface area contributed by atoms with Gasteiger partial charge in [-0.25, -0.2) is 4.79 Å². The number of esters is 1. The molecule has 5 heteroatoms. The molecule has 0 spiro atoms. The molecule has 1 rings (SSSR count). The molecule has 1 N–H and O–H groups in total. The molecular formula is C13H15NO3S. The maximum Gasteiger partial charge on any atom is 0.331 e. The second kappa shape index (κ2) is 7.45. The van der Waals surface area contributed by atoms with Gasteiger partial charge in [-0.2, -0.15) is 11.3 Å². The molecule has 0 aliphatic rings. The van der Waals surface area contributed by atoms with E-state index in [0.717, 1.165) is 5.56 Å². The topological polar surface area (TPSA) is 55.4 Å². The summed E-state index contributed by atoms with van der Waals surface area (Å²) in [5.41, 5.74) is 0.931. The lowest BCUT2D eigenvalue weighted by molar-refractivity contribution is -0.150. The normalized spacial score (nSPS) is 12.1. The molecule has 1 amide bonds. The van der Waals surface area contributed by atoms with Gasteiger partial charge in [-0.15, -0.1) is 6.58 Å². The highest BCUT2D eigenvalue weighted by atomic mass is 32.1. The lowest BCUT2D eigenvalue weighted by atomic mass is 10.3. The molecule has 4 nitrogen and oxygen atoms in total. The van der Waals surface area contributed by atoms with Crippen LogP contribution in [0.2, 0.25) is 0 Å². The number of nitrogens with one attached hydrogen (secondary N) is 1. The average molecular weight is 265 g/mol. The Morgan fingerprint density at radius 1 is 1.61 bits per heavy atom. The molecule has 1 aromatic heterocycles. The van der Waals surface area contributed by atoms with Crippen molar-refractivity contribution in [1.29, 1.82) is 0 Å². The predicted octanol–water partition coefficient (Wildman–Crippen LogP) is 2.00. The van der Waals surface area contributed by atoms with Crippen LogP contribution in [0.15, 0.2) is 35.6 Å². The van der Waals surface area contributed by atoms with Gasteiger partial charge in [-0.3, -0.25) is 4.79 Å². The highest BCUT2D eigenvalue weighted by molar-refractivity contribution is 7.08. The number of ether oxygens (including phenoxy) is 1. The van der Waals surface area contributed by atoms with Gasteiger partial charge in [0.05, 0.1) is 0 Å². The molecule has 18 heavy (non-hydrogen) atoms.